The molecule has 1 atom stereocenters. The molecule has 4 rings (SSSR count). The molecule has 7 heteroatoms. The van der Waals surface area contributed by atoms with Crippen molar-refractivity contribution in [1.29, 1.82) is 0 Å². The first-order chi connectivity index (χ1) is 12.6. The summed E-state index contributed by atoms with van der Waals surface area (Å²) in [6, 6.07) is 4.27. The minimum Gasteiger partial charge on any atom is -0.377 e. The molecule has 0 amide bonds. The number of nitrogens with zero attached hydrogens (tertiary/aromatic N) is 4. The molecule has 7 nitrogen and oxygen atoms in total. The Labute approximate surface area is 153 Å². The van der Waals surface area contributed by atoms with Crippen molar-refractivity contribution >= 4 is 22.8 Å². The van der Waals surface area contributed by atoms with Gasteiger partial charge in [0.2, 0.25) is 11.9 Å². The Morgan fingerprint density at radius 3 is 2.81 bits per heavy atom. The summed E-state index contributed by atoms with van der Waals surface area (Å²) in [5, 5.41) is 7.63. The Bertz CT molecular complexity index is 844. The van der Waals surface area contributed by atoms with Gasteiger partial charge in [0.1, 0.15) is 0 Å². The SMILES string of the molecule is Cc1cc2nc(NC3=NCN(CC4CCCO4)CN3)nc(C)c2cc1C. The Balaban J connectivity index is 1.45. The van der Waals surface area contributed by atoms with Crippen molar-refractivity contribution in [2.45, 2.75) is 39.7 Å². The van der Waals surface area contributed by atoms with Crippen LogP contribution in [0.2, 0.25) is 0 Å². The molecule has 2 aromatic rings. The molecule has 1 aromatic carbocycles. The van der Waals surface area contributed by atoms with Crippen LogP contribution in [0.3, 0.4) is 0 Å². The number of guanidine groups is 1. The largest absolute Gasteiger partial charge is 0.377 e. The van der Waals surface area contributed by atoms with E-state index < -0.39 is 0 Å². The second-order valence-corrected chi connectivity index (χ2v) is 7.18. The number of nitrogens with one attached hydrogen (secondary N) is 2. The van der Waals surface area contributed by atoms with Crippen molar-refractivity contribution in [2.75, 3.05) is 31.8 Å². The monoisotopic (exact) mass is 354 g/mol. The van der Waals surface area contributed by atoms with Crippen LogP contribution in [0.15, 0.2) is 17.1 Å². The van der Waals surface area contributed by atoms with Gasteiger partial charge in [-0.05, 0) is 56.9 Å². The number of fused-ring (bicyclic) bond motifs is 1. The Kier molecular flexibility index (Phi) is 4.74. The number of rotatable bonds is 3. The zero-order valence-electron chi connectivity index (χ0n) is 15.7. The molecule has 26 heavy (non-hydrogen) atoms. The summed E-state index contributed by atoms with van der Waals surface area (Å²) in [4.78, 5) is 16.1. The van der Waals surface area contributed by atoms with Gasteiger partial charge >= 0.3 is 0 Å². The summed E-state index contributed by atoms with van der Waals surface area (Å²) >= 11 is 0. The van der Waals surface area contributed by atoms with E-state index in [0.29, 0.717) is 18.7 Å². The highest BCUT2D eigenvalue weighted by atomic mass is 16.5. The molecule has 0 radical (unpaired) electrons. The Morgan fingerprint density at radius 1 is 1.23 bits per heavy atom. The number of aliphatic imine (C=N–C) groups is 1. The van der Waals surface area contributed by atoms with Crippen LogP contribution in [0.5, 0.6) is 0 Å². The predicted octanol–water partition coefficient (Wildman–Crippen LogP) is 2.32. The van der Waals surface area contributed by atoms with E-state index in [9.17, 15) is 0 Å². The summed E-state index contributed by atoms with van der Waals surface area (Å²) < 4.78 is 5.70. The van der Waals surface area contributed by atoms with Crippen LogP contribution in [-0.2, 0) is 4.74 Å². The normalized spacial score (nSPS) is 20.9. The van der Waals surface area contributed by atoms with Gasteiger partial charge in [-0.15, -0.1) is 0 Å². The highest BCUT2D eigenvalue weighted by molar-refractivity contribution is 5.93. The Morgan fingerprint density at radius 2 is 2.08 bits per heavy atom. The van der Waals surface area contributed by atoms with Crippen molar-refractivity contribution in [3.8, 4) is 0 Å². The highest BCUT2D eigenvalue weighted by Crippen LogP contribution is 2.21. The zero-order chi connectivity index (χ0) is 18.1. The number of hydrogen-bond donors (Lipinski definition) is 2. The average Bonchev–Trinajstić information content (AvgIpc) is 3.12. The average molecular weight is 354 g/mol. The van der Waals surface area contributed by atoms with E-state index in [2.05, 4.69) is 56.5 Å². The van der Waals surface area contributed by atoms with Gasteiger partial charge in [-0.3, -0.25) is 10.2 Å². The third-order valence-electron chi connectivity index (χ3n) is 5.12. The third kappa shape index (κ3) is 3.64. The molecule has 1 fully saturated rings. The second-order valence-electron chi connectivity index (χ2n) is 7.18. The summed E-state index contributed by atoms with van der Waals surface area (Å²) in [6.45, 7) is 9.45. The lowest BCUT2D eigenvalue weighted by molar-refractivity contribution is 0.0715. The van der Waals surface area contributed by atoms with Crippen LogP contribution in [0.1, 0.15) is 29.7 Å². The van der Waals surface area contributed by atoms with E-state index in [-0.39, 0.29) is 0 Å². The summed E-state index contributed by atoms with van der Waals surface area (Å²) in [5.74, 6) is 1.30. The molecule has 0 aliphatic carbocycles. The quantitative estimate of drug-likeness (QED) is 0.881. The fourth-order valence-electron chi connectivity index (χ4n) is 3.45. The maximum Gasteiger partial charge on any atom is 0.230 e. The van der Waals surface area contributed by atoms with E-state index in [4.69, 9.17) is 4.74 Å². The second kappa shape index (κ2) is 7.17. The molecule has 0 spiro atoms. The van der Waals surface area contributed by atoms with Gasteiger partial charge in [0.25, 0.3) is 0 Å². The molecular weight excluding hydrogens is 328 g/mol. The molecule has 1 saturated heterocycles. The first-order valence-corrected chi connectivity index (χ1v) is 9.23. The van der Waals surface area contributed by atoms with Crippen molar-refractivity contribution in [3.05, 3.63) is 29.0 Å². The van der Waals surface area contributed by atoms with Crippen LogP contribution in [0.4, 0.5) is 5.95 Å². The molecule has 1 unspecified atom stereocenters. The van der Waals surface area contributed by atoms with Crippen molar-refractivity contribution in [2.24, 2.45) is 4.99 Å². The fourth-order valence-corrected chi connectivity index (χ4v) is 3.45. The van der Waals surface area contributed by atoms with Crippen molar-refractivity contribution in [1.82, 2.24) is 20.2 Å². The molecule has 2 aliphatic heterocycles. The number of aryl methyl sites for hydroxylation is 3. The van der Waals surface area contributed by atoms with Crippen LogP contribution in [0, 0.1) is 20.8 Å². The van der Waals surface area contributed by atoms with Gasteiger partial charge in [-0.1, -0.05) is 0 Å². The molecule has 3 heterocycles. The molecule has 1 aromatic heterocycles. The number of aromatic nitrogens is 2. The Hall–Kier alpha value is -2.25. The van der Waals surface area contributed by atoms with E-state index in [0.717, 1.165) is 48.8 Å². The maximum absolute atomic E-state index is 5.70. The van der Waals surface area contributed by atoms with E-state index in [1.54, 1.807) is 0 Å². The maximum atomic E-state index is 5.70. The van der Waals surface area contributed by atoms with E-state index in [1.165, 1.54) is 17.5 Å². The highest BCUT2D eigenvalue weighted by Gasteiger charge is 2.21. The van der Waals surface area contributed by atoms with E-state index >= 15 is 0 Å². The minimum atomic E-state index is 0.347. The van der Waals surface area contributed by atoms with Crippen molar-refractivity contribution < 1.29 is 4.74 Å². The minimum absolute atomic E-state index is 0.347. The lowest BCUT2D eigenvalue weighted by Gasteiger charge is -2.28. The molecule has 138 valence electrons. The number of hydrogen-bond acceptors (Lipinski definition) is 7. The van der Waals surface area contributed by atoms with Gasteiger partial charge < -0.3 is 10.1 Å². The van der Waals surface area contributed by atoms with Gasteiger partial charge in [0.05, 0.1) is 30.7 Å². The predicted molar refractivity (Wildman–Crippen MR) is 103 cm³/mol. The van der Waals surface area contributed by atoms with Crippen LogP contribution in [0.25, 0.3) is 10.9 Å². The summed E-state index contributed by atoms with van der Waals surface area (Å²) in [6.07, 6.45) is 2.66. The van der Waals surface area contributed by atoms with Crippen molar-refractivity contribution in [3.63, 3.8) is 0 Å². The van der Waals surface area contributed by atoms with Gasteiger partial charge in [0, 0.05) is 18.5 Å². The number of benzene rings is 1. The smallest absolute Gasteiger partial charge is 0.230 e. The fraction of sp³-hybridized carbons (Fsp3) is 0.526. The molecule has 2 aliphatic rings. The zero-order valence-corrected chi connectivity index (χ0v) is 15.7. The number of anilines is 1. The first kappa shape index (κ1) is 17.2. The van der Waals surface area contributed by atoms with E-state index in [1.807, 2.05) is 6.92 Å². The number of ether oxygens (including phenoxy) is 1. The van der Waals surface area contributed by atoms with Crippen LogP contribution in [-0.4, -0.2) is 53.4 Å². The van der Waals surface area contributed by atoms with Gasteiger partial charge in [0.15, 0.2) is 0 Å². The van der Waals surface area contributed by atoms with Crippen LogP contribution >= 0.6 is 0 Å². The third-order valence-corrected chi connectivity index (χ3v) is 5.12. The standard InChI is InChI=1S/C19H26N6O/c1-12-7-16-14(3)22-19(23-17(16)8-13(12)2)24-18-20-10-25(11-21-18)9-15-5-4-6-26-15/h7-8,15H,4-6,9-11H2,1-3H3,(H2,20,21,22,23,24). The summed E-state index contributed by atoms with van der Waals surface area (Å²) in [5.41, 5.74) is 4.42. The lowest BCUT2D eigenvalue weighted by atomic mass is 10.1. The molecular formula is C19H26N6O. The van der Waals surface area contributed by atoms with Crippen LogP contribution < -0.4 is 10.6 Å². The lowest BCUT2D eigenvalue weighted by Crippen LogP contribution is -2.48. The topological polar surface area (TPSA) is 74.7 Å². The summed E-state index contributed by atoms with van der Waals surface area (Å²) in [7, 11) is 0. The van der Waals surface area contributed by atoms with Gasteiger partial charge in [-0.2, -0.15) is 0 Å². The first-order valence-electron chi connectivity index (χ1n) is 9.23. The molecule has 0 bridgehead atoms. The molecule has 2 N–H and O–H groups in total. The van der Waals surface area contributed by atoms with Gasteiger partial charge in [-0.25, -0.2) is 15.0 Å². The molecule has 0 saturated carbocycles.